The number of allylic oxidation sites excluding steroid dienone is 1. The number of halogens is 2. The van der Waals surface area contributed by atoms with Gasteiger partial charge in [-0.15, -0.1) is 0 Å². The first kappa shape index (κ1) is 28.3. The van der Waals surface area contributed by atoms with Crippen LogP contribution in [0.25, 0.3) is 6.08 Å². The van der Waals surface area contributed by atoms with Gasteiger partial charge in [-0.3, -0.25) is 9.36 Å². The predicted molar refractivity (Wildman–Crippen MR) is 156 cm³/mol. The molecule has 0 spiro atoms. The highest BCUT2D eigenvalue weighted by Crippen LogP contribution is 2.32. The lowest BCUT2D eigenvalue weighted by atomic mass is 9.96. The van der Waals surface area contributed by atoms with Crippen molar-refractivity contribution in [3.63, 3.8) is 0 Å². The molecule has 1 aromatic heterocycles. The maximum atomic E-state index is 14.2. The molecule has 1 atom stereocenters. The highest BCUT2D eigenvalue weighted by molar-refractivity contribution is 7.07. The van der Waals surface area contributed by atoms with Gasteiger partial charge in [-0.25, -0.2) is 14.2 Å². The minimum atomic E-state index is -0.677. The lowest BCUT2D eigenvalue weighted by molar-refractivity contribution is -0.139. The lowest BCUT2D eigenvalue weighted by Crippen LogP contribution is -2.39. The van der Waals surface area contributed by atoms with Gasteiger partial charge in [0.05, 0.1) is 40.6 Å². The minimum absolute atomic E-state index is 0.0819. The summed E-state index contributed by atoms with van der Waals surface area (Å²) in [5, 5.41) is 0.270. The molecule has 4 aromatic rings. The molecule has 1 aliphatic heterocycles. The number of ether oxygens (including phenoxy) is 3. The highest BCUT2D eigenvalue weighted by Gasteiger charge is 2.33. The molecule has 0 aliphatic carbocycles. The summed E-state index contributed by atoms with van der Waals surface area (Å²) < 4.78 is 32.8. The fourth-order valence-electron chi connectivity index (χ4n) is 4.61. The Hall–Kier alpha value is -4.21. The van der Waals surface area contributed by atoms with E-state index >= 15 is 0 Å². The van der Waals surface area contributed by atoms with Crippen molar-refractivity contribution >= 4 is 35.0 Å². The molecule has 10 heteroatoms. The number of aromatic nitrogens is 1. The van der Waals surface area contributed by atoms with E-state index in [1.165, 1.54) is 35.1 Å². The Bertz CT molecular complexity index is 1810. The van der Waals surface area contributed by atoms with Crippen LogP contribution in [0.1, 0.15) is 36.6 Å². The molecule has 0 unspecified atom stereocenters. The van der Waals surface area contributed by atoms with Crippen molar-refractivity contribution in [2.45, 2.75) is 26.5 Å². The molecule has 0 bridgehead atoms. The monoisotopic (exact) mass is 592 g/mol. The van der Waals surface area contributed by atoms with Gasteiger partial charge in [0.15, 0.2) is 16.3 Å². The number of rotatable bonds is 8. The number of thiazole rings is 1. The molecule has 0 saturated carbocycles. The molecule has 0 N–H and O–H groups in total. The second-order valence-corrected chi connectivity index (χ2v) is 10.5. The smallest absolute Gasteiger partial charge is 0.338 e. The van der Waals surface area contributed by atoms with Crippen molar-refractivity contribution in [1.29, 1.82) is 0 Å². The molecular formula is C31H26ClFN2O5S. The van der Waals surface area contributed by atoms with Crippen molar-refractivity contribution in [2.24, 2.45) is 4.99 Å². The summed E-state index contributed by atoms with van der Waals surface area (Å²) in [6.07, 6.45) is 1.73. The molecule has 0 amide bonds. The summed E-state index contributed by atoms with van der Waals surface area (Å²) in [7, 11) is 1.50. The van der Waals surface area contributed by atoms with Crippen molar-refractivity contribution < 1.29 is 23.4 Å². The Morgan fingerprint density at radius 2 is 1.90 bits per heavy atom. The fraction of sp³-hybridized carbons (Fsp3) is 0.194. The van der Waals surface area contributed by atoms with Gasteiger partial charge < -0.3 is 14.2 Å². The van der Waals surface area contributed by atoms with Gasteiger partial charge >= 0.3 is 5.97 Å². The van der Waals surface area contributed by atoms with Gasteiger partial charge in [0.2, 0.25) is 0 Å². The number of benzene rings is 3. The standard InChI is InChI=1S/C31H26ClFN2O5S/c1-4-39-30(37)27-18(2)34-31-35(28(27)20-9-6-5-7-10-20)29(36)26(41-31)16-19-13-14-24(25(15-19)38-3)40-17-21-22(32)11-8-12-23(21)33/h5-16,28H,4,17H2,1-3H3/b26-16+/t28-/m1/s1. The Labute approximate surface area is 244 Å². The van der Waals surface area contributed by atoms with Crippen LogP contribution in [0.2, 0.25) is 5.02 Å². The molecule has 3 aromatic carbocycles. The van der Waals surface area contributed by atoms with Gasteiger partial charge in [0.1, 0.15) is 12.4 Å². The lowest BCUT2D eigenvalue weighted by Gasteiger charge is -2.24. The summed E-state index contributed by atoms with van der Waals surface area (Å²) in [5.41, 5.74) is 2.24. The molecular weight excluding hydrogens is 567 g/mol. The van der Waals surface area contributed by atoms with Gasteiger partial charge in [-0.05, 0) is 55.3 Å². The van der Waals surface area contributed by atoms with Gasteiger partial charge in [-0.2, -0.15) is 0 Å². The Kier molecular flexibility index (Phi) is 8.37. The summed E-state index contributed by atoms with van der Waals surface area (Å²) in [4.78, 5) is 31.8. The first-order valence-corrected chi connectivity index (χ1v) is 14.0. The van der Waals surface area contributed by atoms with Gasteiger partial charge in [-0.1, -0.05) is 65.4 Å². The predicted octanol–water partition coefficient (Wildman–Crippen LogP) is 5.18. The molecule has 210 valence electrons. The first-order chi connectivity index (χ1) is 19.8. The number of carbonyl (C=O) groups is 1. The molecule has 2 heterocycles. The third kappa shape index (κ3) is 5.68. The number of esters is 1. The Morgan fingerprint density at radius 1 is 1.12 bits per heavy atom. The number of hydrogen-bond acceptors (Lipinski definition) is 7. The third-order valence-electron chi connectivity index (χ3n) is 6.55. The van der Waals surface area contributed by atoms with Gasteiger partial charge in [0, 0.05) is 5.56 Å². The van der Waals surface area contributed by atoms with E-state index in [-0.39, 0.29) is 29.4 Å². The van der Waals surface area contributed by atoms with E-state index in [1.807, 2.05) is 30.3 Å². The third-order valence-corrected chi connectivity index (χ3v) is 7.89. The van der Waals surface area contributed by atoms with Crippen LogP contribution >= 0.6 is 22.9 Å². The van der Waals surface area contributed by atoms with E-state index in [1.54, 1.807) is 44.2 Å². The van der Waals surface area contributed by atoms with Crippen LogP contribution in [0.3, 0.4) is 0 Å². The number of carbonyl (C=O) groups excluding carboxylic acids is 1. The summed E-state index contributed by atoms with van der Waals surface area (Å²) in [6, 6.07) is 18.3. The molecule has 0 saturated heterocycles. The van der Waals surface area contributed by atoms with Crippen molar-refractivity contribution in [3.8, 4) is 11.5 Å². The summed E-state index contributed by atoms with van der Waals surface area (Å²) in [5.74, 6) is -0.168. The largest absolute Gasteiger partial charge is 0.493 e. The van der Waals surface area contributed by atoms with E-state index in [0.717, 1.165) is 5.56 Å². The van der Waals surface area contributed by atoms with Crippen molar-refractivity contribution in [1.82, 2.24) is 4.57 Å². The topological polar surface area (TPSA) is 79.1 Å². The van der Waals surface area contributed by atoms with E-state index in [9.17, 15) is 14.0 Å². The number of fused-ring (bicyclic) bond motifs is 1. The van der Waals surface area contributed by atoms with Crippen LogP contribution in [0.15, 0.2) is 87.8 Å². The number of hydrogen-bond donors (Lipinski definition) is 0. The molecule has 0 radical (unpaired) electrons. The molecule has 41 heavy (non-hydrogen) atoms. The zero-order valence-electron chi connectivity index (χ0n) is 22.5. The highest BCUT2D eigenvalue weighted by atomic mass is 35.5. The van der Waals surface area contributed by atoms with Crippen molar-refractivity contribution in [3.05, 3.63) is 125 Å². The maximum absolute atomic E-state index is 14.2. The van der Waals surface area contributed by atoms with E-state index < -0.39 is 17.8 Å². The molecule has 0 fully saturated rings. The van der Waals surface area contributed by atoms with Crippen LogP contribution < -0.4 is 24.4 Å². The van der Waals surface area contributed by atoms with E-state index in [2.05, 4.69) is 4.99 Å². The SMILES string of the molecule is CCOC(=O)C1=C(C)N=c2s/c(=C/c3ccc(OCc4c(F)cccc4Cl)c(OC)c3)c(=O)n2[C@@H]1c1ccccc1. The Balaban J connectivity index is 1.53. The maximum Gasteiger partial charge on any atom is 0.338 e. The first-order valence-electron chi connectivity index (χ1n) is 12.8. The number of nitrogens with zero attached hydrogens (tertiary/aromatic N) is 2. The summed E-state index contributed by atoms with van der Waals surface area (Å²) in [6.45, 7) is 3.61. The van der Waals surface area contributed by atoms with Crippen LogP contribution in [0.4, 0.5) is 4.39 Å². The van der Waals surface area contributed by atoms with Crippen LogP contribution in [-0.4, -0.2) is 24.3 Å². The average molecular weight is 593 g/mol. The second-order valence-electron chi connectivity index (χ2n) is 9.11. The quantitative estimate of drug-likeness (QED) is 0.264. The Morgan fingerprint density at radius 3 is 2.61 bits per heavy atom. The average Bonchev–Trinajstić information content (AvgIpc) is 3.26. The van der Waals surface area contributed by atoms with Crippen LogP contribution in [0, 0.1) is 5.82 Å². The fourth-order valence-corrected chi connectivity index (χ4v) is 5.87. The number of methoxy groups -OCH3 is 1. The molecule has 1 aliphatic rings. The normalized spacial score (nSPS) is 14.9. The second kappa shape index (κ2) is 12.1. The molecule has 5 rings (SSSR count). The van der Waals surface area contributed by atoms with Crippen LogP contribution in [0.5, 0.6) is 11.5 Å². The van der Waals surface area contributed by atoms with E-state index in [0.29, 0.717) is 37.7 Å². The van der Waals surface area contributed by atoms with Crippen molar-refractivity contribution in [2.75, 3.05) is 13.7 Å². The summed E-state index contributed by atoms with van der Waals surface area (Å²) >= 11 is 7.35. The van der Waals surface area contributed by atoms with E-state index in [4.69, 9.17) is 25.8 Å². The van der Waals surface area contributed by atoms with Crippen LogP contribution in [-0.2, 0) is 16.1 Å². The minimum Gasteiger partial charge on any atom is -0.493 e. The molecule has 7 nitrogen and oxygen atoms in total. The zero-order valence-corrected chi connectivity index (χ0v) is 24.1. The van der Waals surface area contributed by atoms with Gasteiger partial charge in [0.25, 0.3) is 5.56 Å². The zero-order chi connectivity index (χ0) is 29.1.